The molecule has 14 atom stereocenters. The van der Waals surface area contributed by atoms with Crippen LogP contribution in [0.1, 0.15) is 59.8 Å². The smallest absolute Gasteiger partial charge is 0.310 e. The highest BCUT2D eigenvalue weighted by Gasteiger charge is 2.85. The number of cyclic esters (lactones) is 1. The van der Waals surface area contributed by atoms with Crippen LogP contribution in [0.5, 0.6) is 0 Å². The van der Waals surface area contributed by atoms with E-state index in [4.69, 9.17) is 9.47 Å². The Bertz CT molecular complexity index is 1730. The largest absolute Gasteiger partial charge is 0.465 e. The number of carbonyl (C=O) groups excluding carboxylic acids is 3. The molecule has 8 heteroatoms. The summed E-state index contributed by atoms with van der Waals surface area (Å²) in [4.78, 5) is 41.4. The fourth-order valence-corrected chi connectivity index (χ4v) is 11.6. The van der Waals surface area contributed by atoms with Crippen molar-refractivity contribution in [3.05, 3.63) is 96.7 Å². The van der Waals surface area contributed by atoms with E-state index in [-0.39, 0.29) is 61.4 Å². The topological polar surface area (TPSA) is 130 Å². The Hall–Kier alpha value is -3.59. The minimum Gasteiger partial charge on any atom is -0.465 e. The number of aliphatic hydroxyl groups excluding tert-OH is 1. The van der Waals surface area contributed by atoms with Gasteiger partial charge in [-0.25, -0.2) is 0 Å². The van der Waals surface area contributed by atoms with Crippen molar-refractivity contribution in [2.45, 2.75) is 76.6 Å². The molecule has 0 aromatic rings. The maximum Gasteiger partial charge on any atom is 0.310 e. The molecule has 3 N–H and O–H groups in total. The van der Waals surface area contributed by atoms with E-state index in [0.717, 1.165) is 12.8 Å². The molecule has 4 fully saturated rings. The summed E-state index contributed by atoms with van der Waals surface area (Å²) >= 11 is 0. The Morgan fingerprint density at radius 3 is 2.50 bits per heavy atom. The second-order valence-electron chi connectivity index (χ2n) is 16.8. The number of rotatable bonds is 8. The summed E-state index contributed by atoms with van der Waals surface area (Å²) in [6.07, 6.45) is 28.0. The lowest BCUT2D eigenvalue weighted by Gasteiger charge is -2.50. The number of esters is 2. The summed E-state index contributed by atoms with van der Waals surface area (Å²) in [6, 6.07) is 0. The third kappa shape index (κ3) is 5.38. The lowest BCUT2D eigenvalue weighted by atomic mass is 9.60. The van der Waals surface area contributed by atoms with E-state index in [2.05, 4.69) is 43.9 Å². The molecule has 4 saturated carbocycles. The lowest BCUT2D eigenvalue weighted by Crippen LogP contribution is -2.61. The number of aliphatic hydroxyl groups is 3. The number of carbonyl (C=O) groups is 3. The van der Waals surface area contributed by atoms with Crippen LogP contribution in [0.3, 0.4) is 0 Å². The van der Waals surface area contributed by atoms with Crippen LogP contribution in [0.4, 0.5) is 0 Å². The van der Waals surface area contributed by atoms with Crippen molar-refractivity contribution in [2.75, 3.05) is 13.2 Å². The van der Waals surface area contributed by atoms with Crippen LogP contribution in [0.2, 0.25) is 0 Å². The first-order valence-corrected chi connectivity index (χ1v) is 19.2. The molecule has 1 aliphatic heterocycles. The molecule has 0 radical (unpaired) electrons. The molecule has 1 spiro atoms. The fourth-order valence-electron chi connectivity index (χ4n) is 11.6. The van der Waals surface area contributed by atoms with Crippen LogP contribution >= 0.6 is 0 Å². The summed E-state index contributed by atoms with van der Waals surface area (Å²) in [5.74, 6) is -3.66. The zero-order chi connectivity index (χ0) is 37.2. The maximum atomic E-state index is 14.4. The van der Waals surface area contributed by atoms with E-state index < -0.39 is 70.2 Å². The third-order valence-electron chi connectivity index (χ3n) is 14.0. The summed E-state index contributed by atoms with van der Waals surface area (Å²) in [7, 11) is 0. The number of hydrogen-bond acceptors (Lipinski definition) is 8. The van der Waals surface area contributed by atoms with Gasteiger partial charge in [0, 0.05) is 29.6 Å². The molecular formula is C44H54O8. The van der Waals surface area contributed by atoms with Crippen LogP contribution < -0.4 is 0 Å². The highest BCUT2D eigenvalue weighted by Crippen LogP contribution is 2.77. The number of fused-ring (bicyclic) bond motifs is 8. The van der Waals surface area contributed by atoms with Crippen molar-refractivity contribution < 1.29 is 39.2 Å². The van der Waals surface area contributed by atoms with Crippen molar-refractivity contribution in [1.82, 2.24) is 0 Å². The molecule has 52 heavy (non-hydrogen) atoms. The van der Waals surface area contributed by atoms with Crippen molar-refractivity contribution >= 4 is 17.7 Å². The van der Waals surface area contributed by atoms with Gasteiger partial charge in [-0.05, 0) is 66.4 Å². The normalized spacial score (nSPS) is 47.2. The summed E-state index contributed by atoms with van der Waals surface area (Å²) < 4.78 is 12.8. The molecule has 8 nitrogen and oxygen atoms in total. The second kappa shape index (κ2) is 13.4. The summed E-state index contributed by atoms with van der Waals surface area (Å²) in [5.41, 5.74) is -4.56. The van der Waals surface area contributed by atoms with Gasteiger partial charge in [0.05, 0.1) is 24.5 Å². The van der Waals surface area contributed by atoms with Gasteiger partial charge < -0.3 is 24.8 Å². The molecule has 0 aromatic heterocycles. The van der Waals surface area contributed by atoms with Crippen LogP contribution in [0.15, 0.2) is 96.7 Å². The number of ketones is 1. The molecule has 7 aliphatic rings. The first-order valence-electron chi connectivity index (χ1n) is 19.2. The van der Waals surface area contributed by atoms with Crippen molar-refractivity contribution in [2.24, 2.45) is 64.6 Å². The van der Waals surface area contributed by atoms with Crippen molar-refractivity contribution in [3.8, 4) is 0 Å². The zero-order valence-corrected chi connectivity index (χ0v) is 30.8. The Morgan fingerprint density at radius 1 is 1.02 bits per heavy atom. The molecule has 0 bridgehead atoms. The molecule has 278 valence electrons. The summed E-state index contributed by atoms with van der Waals surface area (Å²) in [6.45, 7) is 11.1. The first kappa shape index (κ1) is 36.8. The average Bonchev–Trinajstić information content (AvgIpc) is 3.86. The van der Waals surface area contributed by atoms with E-state index in [1.54, 1.807) is 25.2 Å². The van der Waals surface area contributed by atoms with E-state index >= 15 is 0 Å². The van der Waals surface area contributed by atoms with Gasteiger partial charge in [-0.2, -0.15) is 0 Å². The second-order valence-corrected chi connectivity index (χ2v) is 16.8. The Labute approximate surface area is 307 Å². The molecule has 0 aromatic carbocycles. The molecular weight excluding hydrogens is 656 g/mol. The average molecular weight is 711 g/mol. The SMILES string of the molecule is C=C/C=C\[C@H]1[C@@H]2/C=C/CC(=O)O[C@]34C[C@H](C)[C@]5(O)[C@H](C=C(CO)C[C@@]6(O)C(=O)C(C)=C[C@H]56)[C@H]3[C@]4(C)COC(=O)[C@@H]2[C@H]2[C@@H](/C=C/C=C/C=C/CCC)[C@@H]12. The van der Waals surface area contributed by atoms with Crippen LogP contribution in [-0.2, 0) is 23.9 Å². The number of allylic oxidation sites excluding steroid dienone is 10. The van der Waals surface area contributed by atoms with Gasteiger partial charge in [0.1, 0.15) is 17.8 Å². The van der Waals surface area contributed by atoms with Gasteiger partial charge in [-0.3, -0.25) is 14.4 Å². The van der Waals surface area contributed by atoms with Gasteiger partial charge >= 0.3 is 11.9 Å². The highest BCUT2D eigenvalue weighted by atomic mass is 16.6. The quantitative estimate of drug-likeness (QED) is 0.161. The van der Waals surface area contributed by atoms with E-state index in [9.17, 15) is 29.7 Å². The van der Waals surface area contributed by atoms with Gasteiger partial charge in [0.2, 0.25) is 0 Å². The number of hydrogen-bond donors (Lipinski definition) is 3. The minimum atomic E-state index is -1.89. The Kier molecular flexibility index (Phi) is 9.45. The number of ether oxygens (including phenoxy) is 2. The number of Topliss-reactive ketones (excluding diaryl/α,β-unsaturated/α-hetero) is 1. The van der Waals surface area contributed by atoms with Crippen molar-refractivity contribution in [3.63, 3.8) is 0 Å². The third-order valence-corrected chi connectivity index (χ3v) is 14.0. The first-order chi connectivity index (χ1) is 24.8. The van der Waals surface area contributed by atoms with Crippen molar-refractivity contribution in [1.29, 1.82) is 0 Å². The van der Waals surface area contributed by atoms with Gasteiger partial charge in [-0.1, -0.05) is 113 Å². The molecule has 0 saturated heterocycles. The monoisotopic (exact) mass is 710 g/mol. The van der Waals surface area contributed by atoms with E-state index in [0.29, 0.717) is 11.1 Å². The molecule has 6 aliphatic carbocycles. The van der Waals surface area contributed by atoms with Gasteiger partial charge in [0.15, 0.2) is 5.78 Å². The zero-order valence-electron chi connectivity index (χ0n) is 30.8. The van der Waals surface area contributed by atoms with Gasteiger partial charge in [0.25, 0.3) is 0 Å². The predicted molar refractivity (Wildman–Crippen MR) is 197 cm³/mol. The Morgan fingerprint density at radius 2 is 1.77 bits per heavy atom. The minimum absolute atomic E-state index is 0.0149. The van der Waals surface area contributed by atoms with E-state index in [1.165, 1.54) is 0 Å². The standard InChI is InChI=1S/C44H54O8/c1-6-8-10-11-12-13-14-17-31-35-29(16-9-7-2)30-18-15-19-34(46)52-43-22-27(4)44(50)32(38(43)41(43,5)25-51-40(48)37(30)36(31)35)21-28(24-45)23-42(49)33(44)20-26(3)39(42)47/h7,9-18,20-21,27,29-33,35-38,45,49-50H,2,6,8,19,22-25H2,1,3-5H3/b11-10+,13-12+,16-9-,17-14+,18-15+/t27-,29-,30-,31-,32+,33-,35+,36-,37-,38-,41-,42-,43+,44-/m0/s1. The van der Waals surface area contributed by atoms with Crippen LogP contribution in [-0.4, -0.2) is 63.1 Å². The lowest BCUT2D eigenvalue weighted by molar-refractivity contribution is -0.187. The van der Waals surface area contributed by atoms with Crippen LogP contribution in [0, 0.1) is 64.6 Å². The highest BCUT2D eigenvalue weighted by molar-refractivity contribution is 6.04. The molecule has 1 heterocycles. The van der Waals surface area contributed by atoms with Gasteiger partial charge in [-0.15, -0.1) is 0 Å². The predicted octanol–water partition coefficient (Wildman–Crippen LogP) is 5.93. The molecule has 0 amide bonds. The fraction of sp³-hybridized carbons (Fsp3) is 0.568. The van der Waals surface area contributed by atoms with E-state index in [1.807, 2.05) is 44.2 Å². The van der Waals surface area contributed by atoms with Crippen LogP contribution in [0.25, 0.3) is 0 Å². The summed E-state index contributed by atoms with van der Waals surface area (Å²) in [5, 5.41) is 35.1. The maximum absolute atomic E-state index is 14.4. The Balaban J connectivity index is 1.21. The number of unbranched alkanes of at least 4 members (excludes halogenated alkanes) is 1. The molecule has 0 unspecified atom stereocenters. The molecule has 7 rings (SSSR count).